The Kier molecular flexibility index (Phi) is 7.74. The normalized spacial score (nSPS) is 20.4. The van der Waals surface area contributed by atoms with Crippen molar-refractivity contribution in [2.75, 3.05) is 36.0 Å². The molecule has 3 aromatic rings. The largest absolute Gasteiger partial charge is 0.445 e. The maximum Gasteiger partial charge on any atom is 0.410 e. The molecule has 3 heterocycles. The van der Waals surface area contributed by atoms with Crippen LogP contribution in [0.15, 0.2) is 54.6 Å². The average Bonchev–Trinajstić information content (AvgIpc) is 2.99. The highest BCUT2D eigenvalue weighted by molar-refractivity contribution is 6.28. The summed E-state index contributed by atoms with van der Waals surface area (Å²) < 4.78 is 5.60. The number of piperazine rings is 1. The Hall–Kier alpha value is -3.83. The number of hydrogen-bond donors (Lipinski definition) is 0. The van der Waals surface area contributed by atoms with Gasteiger partial charge in [0.2, 0.25) is 5.28 Å². The molecular formula is C31H33ClN6O2. The number of aryl methyl sites for hydroxylation is 1. The fraction of sp³-hybridized carbons (Fsp3) is 0.419. The second-order valence-electron chi connectivity index (χ2n) is 10.8. The van der Waals surface area contributed by atoms with Gasteiger partial charge in [-0.15, -0.1) is 0 Å². The predicted octanol–water partition coefficient (Wildman–Crippen LogP) is 5.18. The number of nitrogens with zero attached hydrogens (tertiary/aromatic N) is 6. The quantitative estimate of drug-likeness (QED) is 0.400. The van der Waals surface area contributed by atoms with Gasteiger partial charge in [0.05, 0.1) is 24.2 Å². The Morgan fingerprint density at radius 1 is 1.05 bits per heavy atom. The van der Waals surface area contributed by atoms with Crippen LogP contribution >= 0.6 is 11.6 Å². The Morgan fingerprint density at radius 3 is 2.73 bits per heavy atom. The van der Waals surface area contributed by atoms with Gasteiger partial charge >= 0.3 is 6.09 Å². The van der Waals surface area contributed by atoms with Crippen molar-refractivity contribution in [3.05, 3.63) is 82.3 Å². The summed E-state index contributed by atoms with van der Waals surface area (Å²) in [6.45, 7) is 2.79. The number of nitriles is 1. The van der Waals surface area contributed by atoms with Gasteiger partial charge in [-0.05, 0) is 54.5 Å². The molecule has 0 radical (unpaired) electrons. The minimum Gasteiger partial charge on any atom is -0.445 e. The zero-order chi connectivity index (χ0) is 27.5. The lowest BCUT2D eigenvalue weighted by atomic mass is 9.88. The van der Waals surface area contributed by atoms with Gasteiger partial charge in [-0.1, -0.05) is 48.5 Å². The van der Waals surface area contributed by atoms with E-state index in [4.69, 9.17) is 16.3 Å². The number of halogens is 1. The lowest BCUT2D eigenvalue weighted by Gasteiger charge is -2.43. The topological polar surface area (TPSA) is 85.6 Å². The van der Waals surface area contributed by atoms with Crippen molar-refractivity contribution in [1.29, 1.82) is 5.26 Å². The number of hydrogen-bond acceptors (Lipinski definition) is 7. The van der Waals surface area contributed by atoms with Gasteiger partial charge in [0.25, 0.3) is 0 Å². The lowest BCUT2D eigenvalue weighted by Crippen LogP contribution is -2.55. The van der Waals surface area contributed by atoms with Crippen LogP contribution in [0.2, 0.25) is 5.28 Å². The molecule has 1 aliphatic carbocycles. The van der Waals surface area contributed by atoms with Gasteiger partial charge in [-0.3, -0.25) is 0 Å². The lowest BCUT2D eigenvalue weighted by molar-refractivity contribution is 0.0768. The van der Waals surface area contributed by atoms with Gasteiger partial charge in [-0.2, -0.15) is 5.26 Å². The molecular weight excluding hydrogens is 524 g/mol. The summed E-state index contributed by atoms with van der Waals surface area (Å²) in [5.74, 6) is 0.840. The molecule has 206 valence electrons. The maximum absolute atomic E-state index is 13.0. The SMILES string of the molecule is N#CC[C@H]1CN(c2nc(Cl)nc3c2CC[C@@H](N2CCCc4ccccc42)C3)CCN1C(=O)OCc1ccccc1. The second kappa shape index (κ2) is 11.7. The summed E-state index contributed by atoms with van der Waals surface area (Å²) in [4.78, 5) is 28.8. The van der Waals surface area contributed by atoms with Crippen molar-refractivity contribution < 1.29 is 9.53 Å². The summed E-state index contributed by atoms with van der Waals surface area (Å²) in [5.41, 5.74) is 5.85. The summed E-state index contributed by atoms with van der Waals surface area (Å²) in [7, 11) is 0. The van der Waals surface area contributed by atoms with E-state index in [1.165, 1.54) is 11.3 Å². The average molecular weight is 557 g/mol. The highest BCUT2D eigenvalue weighted by atomic mass is 35.5. The van der Waals surface area contributed by atoms with E-state index in [0.717, 1.165) is 61.3 Å². The van der Waals surface area contributed by atoms with Crippen molar-refractivity contribution in [3.63, 3.8) is 0 Å². The van der Waals surface area contributed by atoms with Gasteiger partial charge in [0.1, 0.15) is 12.4 Å². The van der Waals surface area contributed by atoms with Crippen LogP contribution < -0.4 is 9.80 Å². The number of ether oxygens (including phenoxy) is 1. The number of anilines is 2. The molecule has 0 saturated carbocycles. The maximum atomic E-state index is 13.0. The zero-order valence-corrected chi connectivity index (χ0v) is 23.3. The molecule has 9 heteroatoms. The molecule has 2 aliphatic heterocycles. The van der Waals surface area contributed by atoms with E-state index in [1.54, 1.807) is 4.90 Å². The third kappa shape index (κ3) is 5.44. The van der Waals surface area contributed by atoms with E-state index < -0.39 is 6.09 Å². The summed E-state index contributed by atoms with van der Waals surface area (Å²) >= 11 is 6.49. The van der Waals surface area contributed by atoms with Gasteiger partial charge in [0, 0.05) is 49.9 Å². The van der Waals surface area contributed by atoms with Crippen LogP contribution in [0.5, 0.6) is 0 Å². The molecule has 1 saturated heterocycles. The first kappa shape index (κ1) is 26.4. The molecule has 0 bridgehead atoms. The van der Waals surface area contributed by atoms with Crippen LogP contribution in [0.25, 0.3) is 0 Å². The van der Waals surface area contributed by atoms with Crippen LogP contribution in [0.4, 0.5) is 16.3 Å². The standard InChI is InChI=1S/C31H33ClN6O2/c32-30-34-27-19-24(37-16-6-10-23-9-4-5-11-28(23)37)12-13-26(27)29(35-30)36-17-18-38(25(20-36)14-15-33)31(39)40-21-22-7-2-1-3-8-22/h1-5,7-9,11,24-25H,6,10,12-14,16-21H2/t24-,25+/m1/s1. The summed E-state index contributed by atoms with van der Waals surface area (Å²) in [6.07, 6.45) is 4.83. The minimum atomic E-state index is -0.392. The van der Waals surface area contributed by atoms with E-state index in [1.807, 2.05) is 30.3 Å². The molecule has 0 unspecified atom stereocenters. The smallest absolute Gasteiger partial charge is 0.410 e. The highest BCUT2D eigenvalue weighted by Crippen LogP contribution is 2.36. The minimum absolute atomic E-state index is 0.205. The first-order valence-electron chi connectivity index (χ1n) is 14.1. The fourth-order valence-electron chi connectivity index (χ4n) is 6.39. The van der Waals surface area contributed by atoms with Crippen molar-refractivity contribution >= 4 is 29.2 Å². The van der Waals surface area contributed by atoms with E-state index in [-0.39, 0.29) is 24.4 Å². The third-order valence-electron chi connectivity index (χ3n) is 8.34. The van der Waals surface area contributed by atoms with E-state index in [9.17, 15) is 10.1 Å². The first-order valence-corrected chi connectivity index (χ1v) is 14.5. The van der Waals surface area contributed by atoms with E-state index in [2.05, 4.69) is 50.1 Å². The highest BCUT2D eigenvalue weighted by Gasteiger charge is 2.35. The molecule has 8 nitrogen and oxygen atoms in total. The van der Waals surface area contributed by atoms with Crippen LogP contribution in [0, 0.1) is 11.3 Å². The number of carbonyl (C=O) groups excluding carboxylic acids is 1. The molecule has 0 spiro atoms. The molecule has 2 atom stereocenters. The van der Waals surface area contributed by atoms with Crippen LogP contribution in [0.3, 0.4) is 0 Å². The number of rotatable bonds is 5. The van der Waals surface area contributed by atoms with E-state index in [0.29, 0.717) is 25.7 Å². The number of amides is 1. The molecule has 40 heavy (non-hydrogen) atoms. The Labute approximate surface area is 240 Å². The van der Waals surface area contributed by atoms with E-state index >= 15 is 0 Å². The van der Waals surface area contributed by atoms with Gasteiger partial charge in [0.15, 0.2) is 0 Å². The number of fused-ring (bicyclic) bond motifs is 2. The number of aromatic nitrogens is 2. The summed E-state index contributed by atoms with van der Waals surface area (Å²) in [5, 5.41) is 9.79. The van der Waals surface area contributed by atoms with Crippen LogP contribution in [0.1, 0.15) is 41.6 Å². The molecule has 1 amide bonds. The first-order chi connectivity index (χ1) is 19.6. The molecule has 3 aliphatic rings. The Bertz CT molecular complexity index is 1410. The molecule has 2 aromatic carbocycles. The molecule has 0 N–H and O–H groups in total. The summed E-state index contributed by atoms with van der Waals surface area (Å²) in [6, 6.07) is 20.7. The number of carbonyl (C=O) groups is 1. The predicted molar refractivity (Wildman–Crippen MR) is 155 cm³/mol. The fourth-order valence-corrected chi connectivity index (χ4v) is 6.57. The molecule has 1 fully saturated rings. The number of para-hydroxylation sites is 1. The second-order valence-corrected chi connectivity index (χ2v) is 11.1. The van der Waals surface area contributed by atoms with Gasteiger partial charge < -0.3 is 19.4 Å². The van der Waals surface area contributed by atoms with Gasteiger partial charge in [-0.25, -0.2) is 14.8 Å². The van der Waals surface area contributed by atoms with Crippen LogP contribution in [-0.4, -0.2) is 59.2 Å². The van der Waals surface area contributed by atoms with Crippen molar-refractivity contribution in [1.82, 2.24) is 14.9 Å². The van der Waals surface area contributed by atoms with Crippen molar-refractivity contribution in [2.45, 2.75) is 57.2 Å². The van der Waals surface area contributed by atoms with Crippen LogP contribution in [-0.2, 0) is 30.6 Å². The Morgan fingerprint density at radius 2 is 1.88 bits per heavy atom. The zero-order valence-electron chi connectivity index (χ0n) is 22.5. The monoisotopic (exact) mass is 556 g/mol. The molecule has 1 aromatic heterocycles. The van der Waals surface area contributed by atoms with Crippen molar-refractivity contribution in [2.24, 2.45) is 0 Å². The third-order valence-corrected chi connectivity index (χ3v) is 8.50. The van der Waals surface area contributed by atoms with Crippen molar-refractivity contribution in [3.8, 4) is 6.07 Å². The number of benzene rings is 2. The Balaban J connectivity index is 1.18. The molecule has 6 rings (SSSR count).